The molecule has 0 amide bonds. The summed E-state index contributed by atoms with van der Waals surface area (Å²) in [6, 6.07) is 6.49. The third-order valence-corrected chi connectivity index (χ3v) is 2.43. The summed E-state index contributed by atoms with van der Waals surface area (Å²) < 4.78 is 21.7. The summed E-state index contributed by atoms with van der Waals surface area (Å²) >= 11 is 0. The van der Waals surface area contributed by atoms with Crippen molar-refractivity contribution in [3.05, 3.63) is 36.2 Å². The van der Waals surface area contributed by atoms with Crippen LogP contribution < -0.4 is 5.14 Å². The third-order valence-electron chi connectivity index (χ3n) is 1.52. The van der Waals surface area contributed by atoms with Crippen molar-refractivity contribution in [2.75, 3.05) is 0 Å². The van der Waals surface area contributed by atoms with Crippen molar-refractivity contribution in [3.8, 4) is 0 Å². The summed E-state index contributed by atoms with van der Waals surface area (Å²) in [6.07, 6.45) is 1.81. The Kier molecular flexibility index (Phi) is 2.49. The van der Waals surface area contributed by atoms with Crippen LogP contribution in [0.1, 0.15) is 12.5 Å². The molecular weight excluding hydrogens is 174 g/mol. The Balaban J connectivity index is 3.20. The minimum atomic E-state index is -3.56. The van der Waals surface area contributed by atoms with Crippen LogP contribution >= 0.6 is 0 Å². The Bertz CT molecular complexity index is 370. The van der Waals surface area contributed by atoms with Gasteiger partial charge in [-0.3, -0.25) is 0 Å². The van der Waals surface area contributed by atoms with Crippen LogP contribution in [0, 0.1) is 6.42 Å². The molecular formula is C8H10NO2S. The molecule has 0 aromatic heterocycles. The van der Waals surface area contributed by atoms with E-state index in [2.05, 4.69) is 0 Å². The SMILES string of the molecule is C[CH]c1cccc(S(N)(=O)=O)c1. The van der Waals surface area contributed by atoms with Crippen LogP contribution in [0.15, 0.2) is 29.2 Å². The maximum absolute atomic E-state index is 10.9. The van der Waals surface area contributed by atoms with Crippen LogP contribution in [0.3, 0.4) is 0 Å². The minimum Gasteiger partial charge on any atom is -0.225 e. The van der Waals surface area contributed by atoms with Gasteiger partial charge in [0.25, 0.3) is 0 Å². The Morgan fingerprint density at radius 3 is 2.58 bits per heavy atom. The molecule has 1 aromatic rings. The molecule has 4 heteroatoms. The molecule has 1 aromatic carbocycles. The molecule has 1 radical (unpaired) electrons. The molecule has 0 saturated carbocycles. The lowest BCUT2D eigenvalue weighted by molar-refractivity contribution is 0.597. The monoisotopic (exact) mass is 184 g/mol. The summed E-state index contributed by atoms with van der Waals surface area (Å²) in [5, 5.41) is 4.94. The van der Waals surface area contributed by atoms with Crippen LogP contribution in [0.25, 0.3) is 0 Å². The lowest BCUT2D eigenvalue weighted by Gasteiger charge is -1.99. The van der Waals surface area contributed by atoms with Crippen LogP contribution in [0.5, 0.6) is 0 Å². The number of hydrogen-bond acceptors (Lipinski definition) is 2. The first-order valence-corrected chi connectivity index (χ1v) is 5.01. The van der Waals surface area contributed by atoms with Crippen molar-refractivity contribution < 1.29 is 8.42 Å². The second-order valence-electron chi connectivity index (χ2n) is 2.41. The summed E-state index contributed by atoms with van der Waals surface area (Å²) in [4.78, 5) is 0.151. The fraction of sp³-hybridized carbons (Fsp3) is 0.125. The summed E-state index contributed by atoms with van der Waals surface area (Å²) in [5.74, 6) is 0. The summed E-state index contributed by atoms with van der Waals surface area (Å²) in [6.45, 7) is 1.84. The second kappa shape index (κ2) is 3.25. The van der Waals surface area contributed by atoms with E-state index >= 15 is 0 Å². The average Bonchev–Trinajstić information content (AvgIpc) is 2.03. The zero-order valence-corrected chi connectivity index (χ0v) is 7.51. The molecule has 3 nitrogen and oxygen atoms in total. The second-order valence-corrected chi connectivity index (χ2v) is 3.97. The van der Waals surface area contributed by atoms with Crippen LogP contribution in [0.2, 0.25) is 0 Å². The summed E-state index contributed by atoms with van der Waals surface area (Å²) in [5.41, 5.74) is 0.849. The molecule has 0 aliphatic carbocycles. The molecule has 65 valence electrons. The third kappa shape index (κ3) is 2.06. The van der Waals surface area contributed by atoms with Gasteiger partial charge in [-0.1, -0.05) is 19.1 Å². The molecule has 12 heavy (non-hydrogen) atoms. The Morgan fingerprint density at radius 2 is 2.08 bits per heavy atom. The zero-order chi connectivity index (χ0) is 9.19. The number of hydrogen-bond donors (Lipinski definition) is 1. The van der Waals surface area contributed by atoms with Gasteiger partial charge in [0.15, 0.2) is 0 Å². The predicted octanol–water partition coefficient (Wildman–Crippen LogP) is 0.906. The molecule has 2 N–H and O–H groups in total. The molecule has 0 aliphatic rings. The Hall–Kier alpha value is -0.870. The molecule has 0 saturated heterocycles. The number of sulfonamides is 1. The van der Waals surface area contributed by atoms with Gasteiger partial charge in [0, 0.05) is 0 Å². The van der Waals surface area contributed by atoms with Gasteiger partial charge in [-0.2, -0.15) is 0 Å². The van der Waals surface area contributed by atoms with Gasteiger partial charge < -0.3 is 0 Å². The molecule has 0 bridgehead atoms. The van der Waals surface area contributed by atoms with Crippen molar-refractivity contribution in [1.82, 2.24) is 0 Å². The number of nitrogens with two attached hydrogens (primary N) is 1. The quantitative estimate of drug-likeness (QED) is 0.742. The molecule has 1 rings (SSSR count). The van der Waals surface area contributed by atoms with Gasteiger partial charge in [0.05, 0.1) is 4.90 Å². The fourth-order valence-corrected chi connectivity index (χ4v) is 1.44. The Labute approximate surface area is 72.3 Å². The fourth-order valence-electron chi connectivity index (χ4n) is 0.871. The molecule has 0 heterocycles. The molecule has 0 aliphatic heterocycles. The average molecular weight is 184 g/mol. The van der Waals surface area contributed by atoms with E-state index < -0.39 is 10.0 Å². The van der Waals surface area contributed by atoms with E-state index in [0.717, 1.165) is 5.56 Å². The molecule has 0 atom stereocenters. The number of primary sulfonamides is 1. The highest BCUT2D eigenvalue weighted by Crippen LogP contribution is 2.10. The van der Waals surface area contributed by atoms with Gasteiger partial charge in [-0.05, 0) is 24.1 Å². The predicted molar refractivity (Wildman–Crippen MR) is 46.9 cm³/mol. The van der Waals surface area contributed by atoms with Crippen molar-refractivity contribution >= 4 is 10.0 Å². The highest BCUT2D eigenvalue weighted by Gasteiger charge is 2.06. The molecule has 0 spiro atoms. The number of rotatable bonds is 2. The van der Waals surface area contributed by atoms with Gasteiger partial charge >= 0.3 is 0 Å². The Morgan fingerprint density at radius 1 is 1.42 bits per heavy atom. The lowest BCUT2D eigenvalue weighted by atomic mass is 10.2. The smallest absolute Gasteiger partial charge is 0.225 e. The van der Waals surface area contributed by atoms with Crippen molar-refractivity contribution in [2.24, 2.45) is 5.14 Å². The van der Waals surface area contributed by atoms with Gasteiger partial charge in [-0.15, -0.1) is 0 Å². The van der Waals surface area contributed by atoms with E-state index in [9.17, 15) is 8.42 Å². The van der Waals surface area contributed by atoms with E-state index in [1.165, 1.54) is 12.1 Å². The van der Waals surface area contributed by atoms with Crippen molar-refractivity contribution in [3.63, 3.8) is 0 Å². The maximum atomic E-state index is 10.9. The highest BCUT2D eigenvalue weighted by atomic mass is 32.2. The minimum absolute atomic E-state index is 0.151. The van der Waals surface area contributed by atoms with Crippen molar-refractivity contribution in [1.29, 1.82) is 0 Å². The van der Waals surface area contributed by atoms with E-state index in [0.29, 0.717) is 0 Å². The van der Waals surface area contributed by atoms with Crippen LogP contribution in [-0.2, 0) is 10.0 Å². The van der Waals surface area contributed by atoms with Crippen LogP contribution in [0.4, 0.5) is 0 Å². The first-order chi connectivity index (χ1) is 5.54. The van der Waals surface area contributed by atoms with Gasteiger partial charge in [-0.25, -0.2) is 13.6 Å². The topological polar surface area (TPSA) is 60.2 Å². The number of benzene rings is 1. The lowest BCUT2D eigenvalue weighted by Crippen LogP contribution is -2.12. The largest absolute Gasteiger partial charge is 0.238 e. The highest BCUT2D eigenvalue weighted by molar-refractivity contribution is 7.89. The van der Waals surface area contributed by atoms with E-state index in [4.69, 9.17) is 5.14 Å². The van der Waals surface area contributed by atoms with Crippen molar-refractivity contribution in [2.45, 2.75) is 11.8 Å². The van der Waals surface area contributed by atoms with Gasteiger partial charge in [0.2, 0.25) is 10.0 Å². The first-order valence-electron chi connectivity index (χ1n) is 3.46. The molecule has 0 unspecified atom stereocenters. The molecule has 0 fully saturated rings. The van der Waals surface area contributed by atoms with Crippen LogP contribution in [-0.4, -0.2) is 8.42 Å². The first kappa shape index (κ1) is 9.22. The summed E-state index contributed by atoms with van der Waals surface area (Å²) in [7, 11) is -3.56. The van der Waals surface area contributed by atoms with E-state index in [1.54, 1.807) is 6.07 Å². The zero-order valence-electron chi connectivity index (χ0n) is 6.69. The van der Waals surface area contributed by atoms with E-state index in [-0.39, 0.29) is 4.90 Å². The standard InChI is InChI=1S/C8H10NO2S/c1-2-7-4-3-5-8(6-7)12(9,10)11/h2-6H,1H3,(H2,9,10,11). The normalized spacial score (nSPS) is 11.5. The van der Waals surface area contributed by atoms with Gasteiger partial charge in [0.1, 0.15) is 0 Å². The van der Waals surface area contributed by atoms with E-state index in [1.807, 2.05) is 19.4 Å². The maximum Gasteiger partial charge on any atom is 0.238 e.